The molecule has 2 rings (SSSR count). The van der Waals surface area contributed by atoms with Gasteiger partial charge in [-0.3, -0.25) is 0 Å². The van der Waals surface area contributed by atoms with Crippen molar-refractivity contribution >= 4 is 31.6 Å². The van der Waals surface area contributed by atoms with E-state index in [-0.39, 0.29) is 6.04 Å². The predicted molar refractivity (Wildman–Crippen MR) is 89.5 cm³/mol. The van der Waals surface area contributed by atoms with E-state index in [1.54, 1.807) is 22.5 Å². The maximum atomic E-state index is 13.0. The highest BCUT2D eigenvalue weighted by Gasteiger charge is 2.34. The summed E-state index contributed by atoms with van der Waals surface area (Å²) >= 11 is 3.34. The fourth-order valence-electron chi connectivity index (χ4n) is 2.85. The molecule has 1 saturated carbocycles. The topological polar surface area (TPSA) is 63.4 Å². The Labute approximate surface area is 135 Å². The van der Waals surface area contributed by atoms with Gasteiger partial charge in [-0.15, -0.1) is 0 Å². The summed E-state index contributed by atoms with van der Waals surface area (Å²) in [7, 11) is -3.50. The van der Waals surface area contributed by atoms with E-state index in [1.165, 1.54) is 0 Å². The maximum Gasteiger partial charge on any atom is 0.244 e. The molecular formula is C15H23BrN2O2S. The summed E-state index contributed by atoms with van der Waals surface area (Å²) in [6, 6.07) is 5.01. The summed E-state index contributed by atoms with van der Waals surface area (Å²) in [5, 5.41) is 0. The summed E-state index contributed by atoms with van der Waals surface area (Å²) in [4.78, 5) is 0.309. The number of nitrogen functional groups attached to an aromatic ring is 1. The molecule has 0 radical (unpaired) electrons. The van der Waals surface area contributed by atoms with Crippen molar-refractivity contribution in [3.05, 3.63) is 22.7 Å². The van der Waals surface area contributed by atoms with E-state index in [0.29, 0.717) is 27.5 Å². The molecule has 0 heterocycles. The quantitative estimate of drug-likeness (QED) is 0.800. The highest BCUT2D eigenvalue weighted by Crippen LogP contribution is 2.33. The molecule has 1 fully saturated rings. The van der Waals surface area contributed by atoms with Crippen LogP contribution >= 0.6 is 15.9 Å². The van der Waals surface area contributed by atoms with Crippen molar-refractivity contribution in [1.29, 1.82) is 0 Å². The van der Waals surface area contributed by atoms with Crippen LogP contribution < -0.4 is 5.73 Å². The highest BCUT2D eigenvalue weighted by atomic mass is 79.9. The standard InChI is InChI=1S/C15H23BrN2O2S/c1-11(2)10-18(13-5-3-4-6-13)21(19,20)15-8-7-12(17)9-14(15)16/h7-9,11,13H,3-6,10,17H2,1-2H3. The summed E-state index contributed by atoms with van der Waals surface area (Å²) in [6.07, 6.45) is 4.13. The number of hydrogen-bond donors (Lipinski definition) is 1. The molecule has 21 heavy (non-hydrogen) atoms. The number of nitrogens with zero attached hydrogens (tertiary/aromatic N) is 1. The molecule has 1 aromatic carbocycles. The smallest absolute Gasteiger partial charge is 0.244 e. The first-order chi connectivity index (χ1) is 9.82. The molecule has 0 atom stereocenters. The Kier molecular flexibility index (Phi) is 5.33. The predicted octanol–water partition coefficient (Wildman–Crippen LogP) is 3.62. The van der Waals surface area contributed by atoms with Gasteiger partial charge in [0.2, 0.25) is 10.0 Å². The van der Waals surface area contributed by atoms with Crippen LogP contribution in [0.1, 0.15) is 39.5 Å². The first kappa shape index (κ1) is 16.8. The average Bonchev–Trinajstić information content (AvgIpc) is 2.88. The van der Waals surface area contributed by atoms with E-state index in [1.807, 2.05) is 0 Å². The van der Waals surface area contributed by atoms with Crippen LogP contribution in [-0.4, -0.2) is 25.3 Å². The van der Waals surface area contributed by atoms with Crippen molar-refractivity contribution in [3.8, 4) is 0 Å². The highest BCUT2D eigenvalue weighted by molar-refractivity contribution is 9.10. The van der Waals surface area contributed by atoms with Crippen LogP contribution in [0.15, 0.2) is 27.6 Å². The number of nitrogens with two attached hydrogens (primary N) is 1. The summed E-state index contributed by atoms with van der Waals surface area (Å²) in [5.74, 6) is 0.299. The van der Waals surface area contributed by atoms with Gasteiger partial charge in [0.25, 0.3) is 0 Å². The molecule has 1 aliphatic rings. The maximum absolute atomic E-state index is 13.0. The van der Waals surface area contributed by atoms with Crippen LogP contribution in [0.5, 0.6) is 0 Å². The van der Waals surface area contributed by atoms with Gasteiger partial charge in [0.05, 0.1) is 4.90 Å². The second-order valence-corrected chi connectivity index (χ2v) is 8.81. The minimum absolute atomic E-state index is 0.127. The Bertz CT molecular complexity index is 596. The molecule has 0 aromatic heterocycles. The number of benzene rings is 1. The monoisotopic (exact) mass is 374 g/mol. The van der Waals surface area contributed by atoms with Crippen molar-refractivity contribution in [2.24, 2.45) is 5.92 Å². The zero-order valence-electron chi connectivity index (χ0n) is 12.5. The lowest BCUT2D eigenvalue weighted by molar-refractivity contribution is 0.292. The lowest BCUT2D eigenvalue weighted by Crippen LogP contribution is -2.41. The molecular weight excluding hydrogens is 352 g/mol. The molecule has 4 nitrogen and oxygen atoms in total. The van der Waals surface area contributed by atoms with Crippen LogP contribution in [0.25, 0.3) is 0 Å². The fraction of sp³-hybridized carbons (Fsp3) is 0.600. The van der Waals surface area contributed by atoms with Gasteiger partial charge in [0.15, 0.2) is 0 Å². The van der Waals surface area contributed by atoms with Gasteiger partial charge >= 0.3 is 0 Å². The molecule has 0 aliphatic heterocycles. The van der Waals surface area contributed by atoms with E-state index in [9.17, 15) is 8.42 Å². The van der Waals surface area contributed by atoms with Crippen molar-refractivity contribution < 1.29 is 8.42 Å². The molecule has 1 aliphatic carbocycles. The molecule has 0 spiro atoms. The number of anilines is 1. The molecule has 0 bridgehead atoms. The Morgan fingerprint density at radius 3 is 2.48 bits per heavy atom. The van der Waals surface area contributed by atoms with E-state index < -0.39 is 10.0 Å². The Morgan fingerprint density at radius 2 is 1.95 bits per heavy atom. The summed E-state index contributed by atoms with van der Waals surface area (Å²) in [6.45, 7) is 4.66. The summed E-state index contributed by atoms with van der Waals surface area (Å²) in [5.41, 5.74) is 6.26. The first-order valence-corrected chi connectivity index (χ1v) is 9.62. The SMILES string of the molecule is CC(C)CN(C1CCCC1)S(=O)(=O)c1ccc(N)cc1Br. The van der Waals surface area contributed by atoms with E-state index in [2.05, 4.69) is 29.8 Å². The lowest BCUT2D eigenvalue weighted by atomic mass is 10.2. The molecule has 0 unspecified atom stereocenters. The number of halogens is 1. The van der Waals surface area contributed by atoms with Gasteiger partial charge in [-0.1, -0.05) is 26.7 Å². The number of hydrogen-bond acceptors (Lipinski definition) is 3. The van der Waals surface area contributed by atoms with Crippen LogP contribution in [0.2, 0.25) is 0 Å². The lowest BCUT2D eigenvalue weighted by Gasteiger charge is -2.30. The van der Waals surface area contributed by atoms with Gasteiger partial charge in [-0.2, -0.15) is 4.31 Å². The zero-order valence-corrected chi connectivity index (χ0v) is 15.0. The van der Waals surface area contributed by atoms with Gasteiger partial charge in [0, 0.05) is 22.7 Å². The zero-order chi connectivity index (χ0) is 15.6. The second-order valence-electron chi connectivity index (χ2n) is 6.10. The first-order valence-electron chi connectivity index (χ1n) is 7.39. The molecule has 1 aromatic rings. The van der Waals surface area contributed by atoms with Crippen LogP contribution in [0.4, 0.5) is 5.69 Å². The largest absolute Gasteiger partial charge is 0.399 e. The fourth-order valence-corrected chi connectivity index (χ4v) is 5.75. The van der Waals surface area contributed by atoms with Crippen molar-refractivity contribution in [2.75, 3.05) is 12.3 Å². The van der Waals surface area contributed by atoms with Crippen molar-refractivity contribution in [2.45, 2.75) is 50.5 Å². The Morgan fingerprint density at radius 1 is 1.33 bits per heavy atom. The molecule has 0 saturated heterocycles. The van der Waals surface area contributed by atoms with Gasteiger partial charge in [-0.25, -0.2) is 8.42 Å². The van der Waals surface area contributed by atoms with Crippen LogP contribution in [0, 0.1) is 5.92 Å². The number of rotatable bonds is 5. The van der Waals surface area contributed by atoms with E-state index in [4.69, 9.17) is 5.73 Å². The van der Waals surface area contributed by atoms with Crippen molar-refractivity contribution in [3.63, 3.8) is 0 Å². The molecule has 0 amide bonds. The minimum Gasteiger partial charge on any atom is -0.399 e. The third-order valence-electron chi connectivity index (χ3n) is 3.82. The summed E-state index contributed by atoms with van der Waals surface area (Å²) < 4.78 is 28.3. The second kappa shape index (κ2) is 6.67. The van der Waals surface area contributed by atoms with Gasteiger partial charge in [-0.05, 0) is 52.9 Å². The molecule has 6 heteroatoms. The Hall–Kier alpha value is -0.590. The van der Waals surface area contributed by atoms with Crippen LogP contribution in [0.3, 0.4) is 0 Å². The minimum atomic E-state index is -3.50. The normalized spacial score (nSPS) is 17.0. The van der Waals surface area contributed by atoms with Crippen molar-refractivity contribution in [1.82, 2.24) is 4.31 Å². The molecule has 118 valence electrons. The van der Waals surface area contributed by atoms with Gasteiger partial charge in [0.1, 0.15) is 0 Å². The van der Waals surface area contributed by atoms with Gasteiger partial charge < -0.3 is 5.73 Å². The van der Waals surface area contributed by atoms with Crippen LogP contribution in [-0.2, 0) is 10.0 Å². The average molecular weight is 375 g/mol. The van der Waals surface area contributed by atoms with E-state index in [0.717, 1.165) is 25.7 Å². The third-order valence-corrected chi connectivity index (χ3v) is 6.71. The number of sulfonamides is 1. The van der Waals surface area contributed by atoms with E-state index >= 15 is 0 Å². The molecule has 2 N–H and O–H groups in total. The third kappa shape index (κ3) is 3.79. The Balaban J connectivity index is 2.40.